The average Bonchev–Trinajstić information content (AvgIpc) is 2.32. The molecule has 2 rings (SSSR count). The normalized spacial score (nSPS) is 10.3. The Morgan fingerprint density at radius 2 is 1.74 bits per heavy atom. The SMILES string of the molecule is Nc1ccc(C(=O)Nc2ccc(F)cc2F)c(F)c1. The lowest BCUT2D eigenvalue weighted by Crippen LogP contribution is -2.15. The molecule has 0 aliphatic carbocycles. The number of carbonyl (C=O) groups is 1. The van der Waals surface area contributed by atoms with Crippen LogP contribution in [0.1, 0.15) is 10.4 Å². The number of nitrogens with two attached hydrogens (primary N) is 1. The van der Waals surface area contributed by atoms with E-state index in [2.05, 4.69) is 5.32 Å². The van der Waals surface area contributed by atoms with E-state index in [9.17, 15) is 18.0 Å². The monoisotopic (exact) mass is 266 g/mol. The third kappa shape index (κ3) is 2.85. The van der Waals surface area contributed by atoms with Gasteiger partial charge in [0.1, 0.15) is 17.5 Å². The lowest BCUT2D eigenvalue weighted by atomic mass is 10.1. The van der Waals surface area contributed by atoms with Gasteiger partial charge < -0.3 is 11.1 Å². The molecule has 0 unspecified atom stereocenters. The van der Waals surface area contributed by atoms with Crippen molar-refractivity contribution in [1.82, 2.24) is 0 Å². The van der Waals surface area contributed by atoms with E-state index in [-0.39, 0.29) is 16.9 Å². The van der Waals surface area contributed by atoms with E-state index in [1.165, 1.54) is 12.1 Å². The molecule has 2 aromatic carbocycles. The van der Waals surface area contributed by atoms with Crippen molar-refractivity contribution in [3.63, 3.8) is 0 Å². The molecule has 0 saturated carbocycles. The molecule has 0 fully saturated rings. The first-order valence-corrected chi connectivity index (χ1v) is 5.29. The van der Waals surface area contributed by atoms with Gasteiger partial charge in [-0.1, -0.05) is 0 Å². The van der Waals surface area contributed by atoms with Gasteiger partial charge in [0.15, 0.2) is 0 Å². The quantitative estimate of drug-likeness (QED) is 0.821. The van der Waals surface area contributed by atoms with Crippen LogP contribution in [0.2, 0.25) is 0 Å². The van der Waals surface area contributed by atoms with Gasteiger partial charge >= 0.3 is 0 Å². The van der Waals surface area contributed by atoms with Crippen LogP contribution in [-0.4, -0.2) is 5.91 Å². The second kappa shape index (κ2) is 5.01. The maximum atomic E-state index is 13.5. The minimum atomic E-state index is -0.941. The van der Waals surface area contributed by atoms with Crippen molar-refractivity contribution in [2.24, 2.45) is 0 Å². The Labute approximate surface area is 106 Å². The van der Waals surface area contributed by atoms with Crippen molar-refractivity contribution in [1.29, 1.82) is 0 Å². The largest absolute Gasteiger partial charge is 0.399 e. The second-order valence-electron chi connectivity index (χ2n) is 3.82. The first-order chi connectivity index (χ1) is 8.97. The Morgan fingerprint density at radius 1 is 1.00 bits per heavy atom. The van der Waals surface area contributed by atoms with Crippen LogP contribution in [0.3, 0.4) is 0 Å². The molecule has 0 bridgehead atoms. The number of nitrogen functional groups attached to an aromatic ring is 1. The van der Waals surface area contributed by atoms with Crippen LogP contribution in [-0.2, 0) is 0 Å². The summed E-state index contributed by atoms with van der Waals surface area (Å²) in [7, 11) is 0. The summed E-state index contributed by atoms with van der Waals surface area (Å²) in [5, 5.41) is 2.15. The van der Waals surface area contributed by atoms with Crippen LogP contribution < -0.4 is 11.1 Å². The van der Waals surface area contributed by atoms with E-state index in [0.29, 0.717) is 6.07 Å². The summed E-state index contributed by atoms with van der Waals surface area (Å²) in [6.07, 6.45) is 0. The highest BCUT2D eigenvalue weighted by Crippen LogP contribution is 2.18. The lowest BCUT2D eigenvalue weighted by molar-refractivity contribution is 0.102. The molecule has 0 atom stereocenters. The van der Waals surface area contributed by atoms with E-state index < -0.39 is 23.4 Å². The van der Waals surface area contributed by atoms with Gasteiger partial charge in [0, 0.05) is 11.8 Å². The maximum Gasteiger partial charge on any atom is 0.258 e. The number of carbonyl (C=O) groups excluding carboxylic acids is 1. The highest BCUT2D eigenvalue weighted by atomic mass is 19.1. The zero-order valence-corrected chi connectivity index (χ0v) is 9.58. The summed E-state index contributed by atoms with van der Waals surface area (Å²) < 4.78 is 39.5. The molecule has 0 aromatic heterocycles. The fourth-order valence-corrected chi connectivity index (χ4v) is 1.50. The number of hydrogen-bond acceptors (Lipinski definition) is 2. The van der Waals surface area contributed by atoms with Gasteiger partial charge in [-0.25, -0.2) is 13.2 Å². The van der Waals surface area contributed by atoms with Crippen LogP contribution in [0.4, 0.5) is 24.5 Å². The smallest absolute Gasteiger partial charge is 0.258 e. The maximum absolute atomic E-state index is 13.5. The van der Waals surface area contributed by atoms with E-state index in [1.807, 2.05) is 0 Å². The number of anilines is 2. The molecule has 19 heavy (non-hydrogen) atoms. The zero-order chi connectivity index (χ0) is 14.0. The fraction of sp³-hybridized carbons (Fsp3) is 0. The predicted molar refractivity (Wildman–Crippen MR) is 65.1 cm³/mol. The van der Waals surface area contributed by atoms with Crippen LogP contribution in [0, 0.1) is 17.5 Å². The van der Waals surface area contributed by atoms with Gasteiger partial charge in [0.05, 0.1) is 11.3 Å². The van der Waals surface area contributed by atoms with E-state index >= 15 is 0 Å². The van der Waals surface area contributed by atoms with E-state index in [4.69, 9.17) is 5.73 Å². The fourth-order valence-electron chi connectivity index (χ4n) is 1.50. The van der Waals surface area contributed by atoms with Gasteiger partial charge in [-0.15, -0.1) is 0 Å². The molecule has 98 valence electrons. The summed E-state index contributed by atoms with van der Waals surface area (Å²) in [5.74, 6) is -3.37. The summed E-state index contributed by atoms with van der Waals surface area (Å²) in [6.45, 7) is 0. The minimum absolute atomic E-state index is 0.169. The molecule has 0 aliphatic rings. The number of nitrogens with one attached hydrogen (secondary N) is 1. The molecular formula is C13H9F3N2O. The van der Waals surface area contributed by atoms with Gasteiger partial charge in [0.25, 0.3) is 5.91 Å². The molecule has 1 amide bonds. The predicted octanol–water partition coefficient (Wildman–Crippen LogP) is 2.94. The van der Waals surface area contributed by atoms with Crippen molar-refractivity contribution in [3.05, 3.63) is 59.4 Å². The second-order valence-corrected chi connectivity index (χ2v) is 3.82. The number of halogens is 3. The third-order valence-corrected chi connectivity index (χ3v) is 2.42. The van der Waals surface area contributed by atoms with Crippen molar-refractivity contribution < 1.29 is 18.0 Å². The molecule has 3 nitrogen and oxygen atoms in total. The molecule has 0 radical (unpaired) electrons. The number of benzene rings is 2. The molecular weight excluding hydrogens is 257 g/mol. The third-order valence-electron chi connectivity index (χ3n) is 2.42. The Kier molecular flexibility index (Phi) is 3.41. The van der Waals surface area contributed by atoms with Crippen LogP contribution >= 0.6 is 0 Å². The molecule has 0 saturated heterocycles. The van der Waals surface area contributed by atoms with E-state index in [0.717, 1.165) is 18.2 Å². The zero-order valence-electron chi connectivity index (χ0n) is 9.58. The van der Waals surface area contributed by atoms with Crippen LogP contribution in [0.5, 0.6) is 0 Å². The number of hydrogen-bond donors (Lipinski definition) is 2. The first kappa shape index (κ1) is 12.9. The van der Waals surface area contributed by atoms with Crippen molar-refractivity contribution in [3.8, 4) is 0 Å². The molecule has 3 N–H and O–H groups in total. The van der Waals surface area contributed by atoms with Crippen molar-refractivity contribution in [2.75, 3.05) is 11.1 Å². The van der Waals surface area contributed by atoms with E-state index in [1.54, 1.807) is 0 Å². The van der Waals surface area contributed by atoms with Crippen molar-refractivity contribution >= 4 is 17.3 Å². The van der Waals surface area contributed by atoms with Gasteiger partial charge in [-0.2, -0.15) is 0 Å². The molecule has 0 spiro atoms. The molecule has 0 aliphatic heterocycles. The number of amides is 1. The molecule has 6 heteroatoms. The molecule has 2 aromatic rings. The van der Waals surface area contributed by atoms with Crippen LogP contribution in [0.25, 0.3) is 0 Å². The van der Waals surface area contributed by atoms with Gasteiger partial charge in [0.2, 0.25) is 0 Å². The highest BCUT2D eigenvalue weighted by Gasteiger charge is 2.14. The summed E-state index contributed by atoms with van der Waals surface area (Å²) >= 11 is 0. The average molecular weight is 266 g/mol. The minimum Gasteiger partial charge on any atom is -0.399 e. The molecule has 0 heterocycles. The van der Waals surface area contributed by atoms with Crippen molar-refractivity contribution in [2.45, 2.75) is 0 Å². The topological polar surface area (TPSA) is 55.1 Å². The summed E-state index contributed by atoms with van der Waals surface area (Å²) in [5.41, 5.74) is 5.00. The lowest BCUT2D eigenvalue weighted by Gasteiger charge is -2.07. The Morgan fingerprint density at radius 3 is 2.37 bits per heavy atom. The van der Waals surface area contributed by atoms with Crippen LogP contribution in [0.15, 0.2) is 36.4 Å². The summed E-state index contributed by atoms with van der Waals surface area (Å²) in [6, 6.07) is 6.17. The Hall–Kier alpha value is -2.50. The van der Waals surface area contributed by atoms with Gasteiger partial charge in [-0.3, -0.25) is 4.79 Å². The standard InChI is InChI=1S/C13H9F3N2O/c14-7-1-4-12(11(16)5-7)18-13(19)9-3-2-8(17)6-10(9)15/h1-6H,17H2,(H,18,19). The Balaban J connectivity index is 2.25. The Bertz CT molecular complexity index is 644. The van der Waals surface area contributed by atoms with Gasteiger partial charge in [-0.05, 0) is 30.3 Å². The summed E-state index contributed by atoms with van der Waals surface area (Å²) in [4.78, 5) is 11.7. The number of rotatable bonds is 2. The first-order valence-electron chi connectivity index (χ1n) is 5.29. The highest BCUT2D eigenvalue weighted by molar-refractivity contribution is 6.04.